The van der Waals surface area contributed by atoms with Gasteiger partial charge in [0.15, 0.2) is 11.6 Å². The highest BCUT2D eigenvalue weighted by molar-refractivity contribution is 6.14. The average molecular weight is 667 g/mol. The van der Waals surface area contributed by atoms with E-state index in [1.807, 2.05) is 18.2 Å². The first-order chi connectivity index (χ1) is 25.5. The minimum Gasteiger partial charge on any atom is -0.278 e. The average Bonchev–Trinajstić information content (AvgIpc) is 3.67. The molecule has 0 saturated heterocycles. The molecule has 0 spiro atoms. The molecular formula is C48H34N4. The molecule has 0 atom stereocenters. The smallest absolute Gasteiger partial charge is 0.238 e. The highest BCUT2D eigenvalue weighted by Gasteiger charge is 2.38. The van der Waals surface area contributed by atoms with E-state index in [2.05, 4.69) is 170 Å². The monoisotopic (exact) mass is 666 g/mol. The number of rotatable bonds is 5. The molecule has 0 amide bonds. The molecule has 9 aromatic rings. The van der Waals surface area contributed by atoms with Crippen LogP contribution in [0.3, 0.4) is 0 Å². The molecular weight excluding hydrogens is 633 g/mol. The maximum atomic E-state index is 5.35. The zero-order valence-corrected chi connectivity index (χ0v) is 29.0. The van der Waals surface area contributed by atoms with Gasteiger partial charge in [-0.25, -0.2) is 4.98 Å². The van der Waals surface area contributed by atoms with Crippen LogP contribution in [0, 0.1) is 0 Å². The third-order valence-electron chi connectivity index (χ3n) is 10.6. The zero-order valence-electron chi connectivity index (χ0n) is 29.0. The molecule has 246 valence electrons. The maximum Gasteiger partial charge on any atom is 0.238 e. The first-order valence-corrected chi connectivity index (χ1v) is 17.8. The van der Waals surface area contributed by atoms with E-state index >= 15 is 0 Å². The maximum absolute atomic E-state index is 5.35. The summed E-state index contributed by atoms with van der Waals surface area (Å²) in [6.45, 7) is 4.70. The lowest BCUT2D eigenvalue weighted by molar-refractivity contribution is 0.666. The summed E-state index contributed by atoms with van der Waals surface area (Å²) < 4.78 is 2.24. The van der Waals surface area contributed by atoms with E-state index in [9.17, 15) is 0 Å². The molecule has 0 radical (unpaired) electrons. The lowest BCUT2D eigenvalue weighted by atomic mass is 9.80. The van der Waals surface area contributed by atoms with Gasteiger partial charge in [0, 0.05) is 27.3 Å². The van der Waals surface area contributed by atoms with Crippen LogP contribution in [-0.4, -0.2) is 19.5 Å². The van der Waals surface area contributed by atoms with Crippen LogP contribution >= 0.6 is 0 Å². The molecule has 7 aromatic carbocycles. The Bertz CT molecular complexity index is 2740. The van der Waals surface area contributed by atoms with Crippen molar-refractivity contribution in [1.82, 2.24) is 19.5 Å². The summed E-state index contributed by atoms with van der Waals surface area (Å²) in [6, 6.07) is 59.9. The van der Waals surface area contributed by atoms with Gasteiger partial charge in [-0.2, -0.15) is 9.97 Å². The van der Waals surface area contributed by atoms with E-state index in [-0.39, 0.29) is 5.41 Å². The number of hydrogen-bond donors (Lipinski definition) is 0. The largest absolute Gasteiger partial charge is 0.278 e. The molecule has 52 heavy (non-hydrogen) atoms. The third-order valence-corrected chi connectivity index (χ3v) is 10.6. The van der Waals surface area contributed by atoms with Gasteiger partial charge in [0.05, 0.1) is 11.0 Å². The summed E-state index contributed by atoms with van der Waals surface area (Å²) in [5.41, 5.74) is 13.6. The fourth-order valence-electron chi connectivity index (χ4n) is 8.21. The van der Waals surface area contributed by atoms with Crippen LogP contribution in [0.2, 0.25) is 0 Å². The second-order valence-corrected chi connectivity index (χ2v) is 14.1. The van der Waals surface area contributed by atoms with Gasteiger partial charge in [0.2, 0.25) is 5.95 Å². The van der Waals surface area contributed by atoms with Crippen molar-refractivity contribution in [1.29, 1.82) is 0 Å². The van der Waals surface area contributed by atoms with E-state index in [1.165, 1.54) is 33.0 Å². The van der Waals surface area contributed by atoms with E-state index in [0.717, 1.165) is 44.4 Å². The van der Waals surface area contributed by atoms with Gasteiger partial charge in [-0.1, -0.05) is 153 Å². The summed E-state index contributed by atoms with van der Waals surface area (Å²) in [7, 11) is 0. The van der Waals surface area contributed by atoms with Crippen LogP contribution in [0.25, 0.3) is 83.9 Å². The molecule has 1 aliphatic rings. The topological polar surface area (TPSA) is 43.6 Å². The molecule has 0 bridgehead atoms. The van der Waals surface area contributed by atoms with E-state index < -0.39 is 0 Å². The number of benzene rings is 7. The Morgan fingerprint density at radius 3 is 1.63 bits per heavy atom. The third kappa shape index (κ3) is 4.72. The molecule has 2 aromatic heterocycles. The zero-order chi connectivity index (χ0) is 34.8. The molecule has 4 nitrogen and oxygen atoms in total. The van der Waals surface area contributed by atoms with Crippen LogP contribution in [0.15, 0.2) is 170 Å². The van der Waals surface area contributed by atoms with Crippen molar-refractivity contribution in [2.75, 3.05) is 0 Å². The van der Waals surface area contributed by atoms with Gasteiger partial charge in [-0.05, 0) is 74.8 Å². The molecule has 0 saturated carbocycles. The quantitative estimate of drug-likeness (QED) is 0.184. The Kier molecular flexibility index (Phi) is 6.80. The second kappa shape index (κ2) is 11.7. The molecule has 4 heteroatoms. The van der Waals surface area contributed by atoms with Crippen LogP contribution < -0.4 is 0 Å². The molecule has 0 unspecified atom stereocenters. The minimum absolute atomic E-state index is 0.175. The summed E-state index contributed by atoms with van der Waals surface area (Å²) >= 11 is 0. The molecule has 10 rings (SSSR count). The number of fused-ring (bicyclic) bond motifs is 7. The Hall–Kier alpha value is -6.65. The fraction of sp³-hybridized carbons (Fsp3) is 0.0625. The van der Waals surface area contributed by atoms with Crippen LogP contribution in [0.5, 0.6) is 0 Å². The van der Waals surface area contributed by atoms with Crippen molar-refractivity contribution in [3.63, 3.8) is 0 Å². The minimum atomic E-state index is -0.175. The Morgan fingerprint density at radius 1 is 0.423 bits per heavy atom. The van der Waals surface area contributed by atoms with Crippen molar-refractivity contribution in [2.45, 2.75) is 19.3 Å². The predicted molar refractivity (Wildman–Crippen MR) is 213 cm³/mol. The first kappa shape index (κ1) is 30.2. The van der Waals surface area contributed by atoms with Gasteiger partial charge in [0.25, 0.3) is 0 Å². The van der Waals surface area contributed by atoms with E-state index in [0.29, 0.717) is 17.6 Å². The van der Waals surface area contributed by atoms with Crippen LogP contribution in [0.1, 0.15) is 25.0 Å². The van der Waals surface area contributed by atoms with Crippen molar-refractivity contribution in [3.05, 3.63) is 181 Å². The Morgan fingerprint density at radius 2 is 0.962 bits per heavy atom. The van der Waals surface area contributed by atoms with E-state index in [1.54, 1.807) is 0 Å². The summed E-state index contributed by atoms with van der Waals surface area (Å²) in [5, 5.41) is 2.44. The Labute approximate surface area is 302 Å². The summed E-state index contributed by atoms with van der Waals surface area (Å²) in [4.78, 5) is 15.8. The highest BCUT2D eigenvalue weighted by atomic mass is 15.2. The van der Waals surface area contributed by atoms with E-state index in [4.69, 9.17) is 15.0 Å². The SMILES string of the molecule is CC1(C)c2ccccc2-c2ccc3c(c21)c1ccccc1n3-c1nc(-c2ccccc2)nc(-c2cc(-c3ccccc3)cc(-c3ccccc3)c2)n1. The van der Waals surface area contributed by atoms with Gasteiger partial charge in [-0.15, -0.1) is 0 Å². The van der Waals surface area contributed by atoms with Crippen LogP contribution in [0.4, 0.5) is 0 Å². The fourth-order valence-corrected chi connectivity index (χ4v) is 8.21. The van der Waals surface area contributed by atoms with Crippen LogP contribution in [-0.2, 0) is 5.41 Å². The summed E-state index contributed by atoms with van der Waals surface area (Å²) in [5.74, 6) is 1.85. The van der Waals surface area contributed by atoms with Crippen molar-refractivity contribution < 1.29 is 0 Å². The molecule has 1 aliphatic carbocycles. The Balaban J connectivity index is 1.26. The number of aromatic nitrogens is 4. The number of hydrogen-bond acceptors (Lipinski definition) is 3. The van der Waals surface area contributed by atoms with Gasteiger partial charge in [0.1, 0.15) is 0 Å². The second-order valence-electron chi connectivity index (χ2n) is 14.1. The van der Waals surface area contributed by atoms with Gasteiger partial charge in [-0.3, -0.25) is 4.57 Å². The standard InChI is InChI=1S/C48H34N4/c1-48(2)40-24-14-12-22-37(40)38-26-27-42-43(44(38)48)39-23-13-15-25-41(39)52(42)47-50-45(33-20-10-5-11-21-33)49-46(51-47)36-29-34(31-16-6-3-7-17-31)28-35(30-36)32-18-8-4-9-19-32/h3-30H,1-2H3. The van der Waals surface area contributed by atoms with Crippen molar-refractivity contribution in [3.8, 4) is 62.1 Å². The highest BCUT2D eigenvalue weighted by Crippen LogP contribution is 2.53. The number of nitrogens with zero attached hydrogens (tertiary/aromatic N) is 4. The van der Waals surface area contributed by atoms with Gasteiger partial charge < -0.3 is 0 Å². The predicted octanol–water partition coefficient (Wildman–Crippen LogP) is 11.9. The number of para-hydroxylation sites is 1. The molecule has 0 aliphatic heterocycles. The van der Waals surface area contributed by atoms with Crippen molar-refractivity contribution in [2.24, 2.45) is 0 Å². The lowest BCUT2D eigenvalue weighted by Gasteiger charge is -2.22. The molecule has 0 N–H and O–H groups in total. The first-order valence-electron chi connectivity index (χ1n) is 17.8. The van der Waals surface area contributed by atoms with Gasteiger partial charge >= 0.3 is 0 Å². The van der Waals surface area contributed by atoms with Crippen molar-refractivity contribution >= 4 is 21.8 Å². The normalized spacial score (nSPS) is 13.0. The molecule has 2 heterocycles. The summed E-state index contributed by atoms with van der Waals surface area (Å²) in [6.07, 6.45) is 0. The lowest BCUT2D eigenvalue weighted by Crippen LogP contribution is -2.15. The molecule has 0 fully saturated rings.